The molecule has 3 rings (SSSR count). The maximum atomic E-state index is 12.8. The van der Waals surface area contributed by atoms with Crippen LogP contribution in [0.5, 0.6) is 0 Å². The number of benzene rings is 1. The topological polar surface area (TPSA) is 119 Å². The molecule has 1 aliphatic rings. The highest BCUT2D eigenvalue weighted by molar-refractivity contribution is 7.83. The number of hydrogen-bond acceptors (Lipinski definition) is 7. The highest BCUT2D eigenvalue weighted by Gasteiger charge is 2.21. The first kappa shape index (κ1) is 29.7. The number of nitrogens with zero attached hydrogens (tertiary/aromatic N) is 1. The van der Waals surface area contributed by atoms with Gasteiger partial charge in [0, 0.05) is 29.0 Å². The first-order valence-corrected chi connectivity index (χ1v) is 14.0. The molecule has 2 aromatic rings. The van der Waals surface area contributed by atoms with Gasteiger partial charge in [0.2, 0.25) is 0 Å². The summed E-state index contributed by atoms with van der Waals surface area (Å²) in [7, 11) is -1.45. The quantitative estimate of drug-likeness (QED) is 0.407. The monoisotopic (exact) mass is 538 g/mol. The second-order valence-electron chi connectivity index (χ2n) is 10.0. The molecule has 11 heteroatoms. The number of carbonyl (C=O) groups excluding carboxylic acids is 2. The Kier molecular flexibility index (Phi) is 11.3. The van der Waals surface area contributed by atoms with Crippen molar-refractivity contribution in [3.63, 3.8) is 0 Å². The van der Waals surface area contributed by atoms with Gasteiger partial charge in [0.25, 0.3) is 0 Å². The van der Waals surface area contributed by atoms with E-state index in [1.54, 1.807) is 37.7 Å². The summed E-state index contributed by atoms with van der Waals surface area (Å²) < 4.78 is 25.9. The molecule has 0 saturated heterocycles. The third kappa shape index (κ3) is 10.6. The van der Waals surface area contributed by atoms with Crippen molar-refractivity contribution in [1.29, 1.82) is 0 Å². The Hall–Kier alpha value is -2.50. The van der Waals surface area contributed by atoms with Gasteiger partial charge < -0.3 is 14.8 Å². The number of thiazole rings is 1. The molecule has 1 aliphatic carbocycles. The van der Waals surface area contributed by atoms with E-state index in [0.29, 0.717) is 16.6 Å². The highest BCUT2D eigenvalue weighted by Crippen LogP contribution is 2.31. The summed E-state index contributed by atoms with van der Waals surface area (Å²) >= 11 is 1.47. The molecule has 0 aliphatic heterocycles. The summed E-state index contributed by atoms with van der Waals surface area (Å²) in [5, 5.41) is 5.45. The van der Waals surface area contributed by atoms with E-state index in [1.165, 1.54) is 17.8 Å². The van der Waals surface area contributed by atoms with Gasteiger partial charge in [-0.2, -0.15) is 0 Å². The standard InChI is InChI=1S/C17H23N3O3S2.C8H15NO2/c1-11(2)23-16(21)19-12-6-7-13(14-9-18-10-24-14)15(8-12)25(22)20-17(3,4)5;1-6(2)11-8(10)9-7-4-3-5-7/h6-11,20H,1-5H3,(H,19,21);6-7H,3-5H2,1-2H3,(H,9,10). The predicted molar refractivity (Wildman–Crippen MR) is 144 cm³/mol. The second kappa shape index (κ2) is 13.7. The Morgan fingerprint density at radius 2 is 1.72 bits per heavy atom. The number of carbonyl (C=O) groups is 2. The molecular formula is C25H38N4O5S2. The molecule has 36 heavy (non-hydrogen) atoms. The minimum absolute atomic E-state index is 0.0184. The van der Waals surface area contributed by atoms with Gasteiger partial charge in [-0.15, -0.1) is 11.3 Å². The number of ether oxygens (including phenoxy) is 2. The Morgan fingerprint density at radius 1 is 1.08 bits per heavy atom. The van der Waals surface area contributed by atoms with Crippen LogP contribution in [-0.4, -0.2) is 45.2 Å². The summed E-state index contributed by atoms with van der Waals surface area (Å²) in [6.45, 7) is 13.1. The average molecular weight is 539 g/mol. The average Bonchev–Trinajstić information content (AvgIpc) is 3.23. The molecule has 0 spiro atoms. The van der Waals surface area contributed by atoms with Crippen LogP contribution >= 0.6 is 11.3 Å². The molecule has 0 radical (unpaired) electrons. The van der Waals surface area contributed by atoms with Crippen molar-refractivity contribution >= 4 is 40.2 Å². The highest BCUT2D eigenvalue weighted by atomic mass is 32.2. The summed E-state index contributed by atoms with van der Waals surface area (Å²) in [4.78, 5) is 28.3. The molecule has 9 nitrogen and oxygen atoms in total. The Labute approximate surface area is 220 Å². The molecule has 1 unspecified atom stereocenters. The van der Waals surface area contributed by atoms with Crippen LogP contribution < -0.4 is 15.4 Å². The second-order valence-corrected chi connectivity index (χ2v) is 12.1. The fraction of sp³-hybridized carbons (Fsp3) is 0.560. The molecule has 0 bridgehead atoms. The number of alkyl carbamates (subject to hydrolysis) is 1. The third-order valence-corrected chi connectivity index (χ3v) is 6.98. The zero-order valence-corrected chi connectivity index (χ0v) is 23.7. The number of rotatable bonds is 7. The lowest BCUT2D eigenvalue weighted by molar-refractivity contribution is 0.107. The third-order valence-electron chi connectivity index (χ3n) is 4.64. The molecule has 1 aromatic heterocycles. The van der Waals surface area contributed by atoms with E-state index in [1.807, 2.05) is 40.7 Å². The van der Waals surface area contributed by atoms with E-state index in [2.05, 4.69) is 20.3 Å². The molecular weight excluding hydrogens is 500 g/mol. The zero-order valence-electron chi connectivity index (χ0n) is 22.0. The maximum absolute atomic E-state index is 12.8. The number of aromatic nitrogens is 1. The van der Waals surface area contributed by atoms with E-state index in [9.17, 15) is 13.8 Å². The molecule has 1 saturated carbocycles. The summed E-state index contributed by atoms with van der Waals surface area (Å²) in [6.07, 6.45) is 4.12. The van der Waals surface area contributed by atoms with Crippen LogP contribution in [-0.2, 0) is 20.5 Å². The van der Waals surface area contributed by atoms with E-state index < -0.39 is 17.1 Å². The van der Waals surface area contributed by atoms with Crippen molar-refractivity contribution in [3.05, 3.63) is 29.9 Å². The predicted octanol–water partition coefficient (Wildman–Crippen LogP) is 5.85. The van der Waals surface area contributed by atoms with E-state index in [4.69, 9.17) is 9.47 Å². The number of anilines is 1. The molecule has 1 atom stereocenters. The lowest BCUT2D eigenvalue weighted by Gasteiger charge is -2.26. The van der Waals surface area contributed by atoms with Crippen molar-refractivity contribution in [2.24, 2.45) is 0 Å². The van der Waals surface area contributed by atoms with Crippen molar-refractivity contribution in [1.82, 2.24) is 15.0 Å². The van der Waals surface area contributed by atoms with Gasteiger partial charge >= 0.3 is 12.2 Å². The summed E-state index contributed by atoms with van der Waals surface area (Å²) in [5.74, 6) is 0. The molecule has 3 N–H and O–H groups in total. The largest absolute Gasteiger partial charge is 0.447 e. The lowest BCUT2D eigenvalue weighted by atomic mass is 9.93. The van der Waals surface area contributed by atoms with Crippen LogP contribution in [0.4, 0.5) is 15.3 Å². The Bertz CT molecular complexity index is 1020. The van der Waals surface area contributed by atoms with Gasteiger partial charge in [-0.25, -0.2) is 18.5 Å². The normalized spacial score (nSPS) is 14.4. The van der Waals surface area contributed by atoms with Crippen LogP contribution in [0.25, 0.3) is 10.4 Å². The van der Waals surface area contributed by atoms with Crippen molar-refractivity contribution in [2.45, 2.75) is 96.4 Å². The summed E-state index contributed by atoms with van der Waals surface area (Å²) in [6, 6.07) is 5.66. The lowest BCUT2D eigenvalue weighted by Crippen LogP contribution is -2.40. The SMILES string of the molecule is CC(C)OC(=O)NC1CCC1.CC(C)OC(=O)Nc1ccc(-c2cncs2)c(S(=O)NC(C)(C)C)c1. The zero-order chi connectivity index (χ0) is 26.9. The first-order chi connectivity index (χ1) is 16.8. The van der Waals surface area contributed by atoms with Crippen molar-refractivity contribution < 1.29 is 23.3 Å². The van der Waals surface area contributed by atoms with E-state index in [0.717, 1.165) is 23.3 Å². The molecule has 2 amide bonds. The molecule has 200 valence electrons. The fourth-order valence-electron chi connectivity index (χ4n) is 2.97. The molecule has 1 heterocycles. The van der Waals surface area contributed by atoms with Crippen LogP contribution in [0, 0.1) is 0 Å². The molecule has 1 fully saturated rings. The Balaban J connectivity index is 0.000000346. The smallest absolute Gasteiger partial charge is 0.411 e. The number of hydrogen-bond donors (Lipinski definition) is 3. The van der Waals surface area contributed by atoms with Gasteiger partial charge in [0.15, 0.2) is 0 Å². The van der Waals surface area contributed by atoms with Crippen LogP contribution in [0.3, 0.4) is 0 Å². The van der Waals surface area contributed by atoms with Crippen molar-refractivity contribution in [2.75, 3.05) is 5.32 Å². The van der Waals surface area contributed by atoms with Crippen LogP contribution in [0.1, 0.15) is 67.7 Å². The molecule has 1 aromatic carbocycles. The van der Waals surface area contributed by atoms with Gasteiger partial charge in [0.05, 0.1) is 27.5 Å². The number of amides is 2. The van der Waals surface area contributed by atoms with E-state index in [-0.39, 0.29) is 23.8 Å². The first-order valence-electron chi connectivity index (χ1n) is 12.0. The summed E-state index contributed by atoms with van der Waals surface area (Å²) in [5.41, 5.74) is 2.75. The van der Waals surface area contributed by atoms with Gasteiger partial charge in [-0.3, -0.25) is 10.3 Å². The van der Waals surface area contributed by atoms with Crippen LogP contribution in [0.15, 0.2) is 34.8 Å². The fourth-order valence-corrected chi connectivity index (χ4v) is 4.97. The van der Waals surface area contributed by atoms with Gasteiger partial charge in [-0.1, -0.05) is 6.07 Å². The van der Waals surface area contributed by atoms with Crippen LogP contribution in [0.2, 0.25) is 0 Å². The van der Waals surface area contributed by atoms with Crippen molar-refractivity contribution in [3.8, 4) is 10.4 Å². The maximum Gasteiger partial charge on any atom is 0.411 e. The minimum atomic E-state index is -1.45. The van der Waals surface area contributed by atoms with Gasteiger partial charge in [-0.05, 0) is 79.9 Å². The van der Waals surface area contributed by atoms with Gasteiger partial charge in [0.1, 0.15) is 11.0 Å². The Morgan fingerprint density at radius 3 is 2.22 bits per heavy atom. The van der Waals surface area contributed by atoms with E-state index >= 15 is 0 Å². The number of nitrogens with one attached hydrogen (secondary N) is 3. The minimum Gasteiger partial charge on any atom is -0.447 e.